The highest BCUT2D eigenvalue weighted by Crippen LogP contribution is 2.27. The number of rotatable bonds is 10. The van der Waals surface area contributed by atoms with Crippen LogP contribution in [0.1, 0.15) is 15.9 Å². The number of hydrogen-bond donors (Lipinski definition) is 2. The van der Waals surface area contributed by atoms with Crippen molar-refractivity contribution in [3.63, 3.8) is 0 Å². The smallest absolute Gasteiger partial charge is 0.343 e. The topological polar surface area (TPSA) is 125 Å². The van der Waals surface area contributed by atoms with Crippen molar-refractivity contribution in [2.24, 2.45) is 5.10 Å². The van der Waals surface area contributed by atoms with Gasteiger partial charge in [0.25, 0.3) is 11.8 Å². The van der Waals surface area contributed by atoms with E-state index in [4.69, 9.17) is 14.2 Å². The minimum atomic E-state index is -0.507. The molecule has 0 atom stereocenters. The Labute approximate surface area is 193 Å². The number of benzene rings is 2. The van der Waals surface area contributed by atoms with Gasteiger partial charge < -0.3 is 24.3 Å². The highest BCUT2D eigenvalue weighted by molar-refractivity contribution is 9.10. The molecule has 0 aromatic heterocycles. The van der Waals surface area contributed by atoms with E-state index in [1.165, 1.54) is 33.6 Å². The molecule has 11 heteroatoms. The number of carbonyl (C=O) groups excluding carboxylic acids is 3. The number of esters is 1. The third-order valence-corrected chi connectivity index (χ3v) is 4.61. The number of hydrogen-bond acceptors (Lipinski definition) is 8. The first kappa shape index (κ1) is 24.7. The summed E-state index contributed by atoms with van der Waals surface area (Å²) in [5.41, 5.74) is 3.31. The van der Waals surface area contributed by atoms with E-state index >= 15 is 0 Å². The quantitative estimate of drug-likeness (QED) is 0.285. The maximum atomic E-state index is 12.2. The summed E-state index contributed by atoms with van der Waals surface area (Å²) in [6.07, 6.45) is 1.42. The van der Waals surface area contributed by atoms with Crippen molar-refractivity contribution in [3.8, 4) is 17.2 Å². The van der Waals surface area contributed by atoms with Gasteiger partial charge in [0.05, 0.1) is 38.6 Å². The van der Waals surface area contributed by atoms with Crippen LogP contribution in [0.3, 0.4) is 0 Å². The first-order valence-corrected chi connectivity index (χ1v) is 9.98. The Kier molecular flexibility index (Phi) is 9.48. The third kappa shape index (κ3) is 7.27. The van der Waals surface area contributed by atoms with E-state index in [1.54, 1.807) is 30.3 Å². The zero-order chi connectivity index (χ0) is 23.5. The van der Waals surface area contributed by atoms with Crippen molar-refractivity contribution in [1.29, 1.82) is 0 Å². The molecule has 0 aliphatic rings. The summed E-state index contributed by atoms with van der Waals surface area (Å²) >= 11 is 3.33. The molecule has 0 saturated carbocycles. The second kappa shape index (κ2) is 12.3. The monoisotopic (exact) mass is 507 g/mol. The van der Waals surface area contributed by atoms with Crippen LogP contribution in [0.15, 0.2) is 46.0 Å². The molecule has 2 N–H and O–H groups in total. The van der Waals surface area contributed by atoms with E-state index < -0.39 is 17.8 Å². The predicted octanol–water partition coefficient (Wildman–Crippen LogP) is 1.90. The van der Waals surface area contributed by atoms with Crippen LogP contribution in [0.25, 0.3) is 0 Å². The van der Waals surface area contributed by atoms with Crippen LogP contribution in [0, 0.1) is 0 Å². The summed E-state index contributed by atoms with van der Waals surface area (Å²) in [5.74, 6) is -0.102. The van der Waals surface area contributed by atoms with Crippen molar-refractivity contribution < 1.29 is 33.3 Å². The molecular weight excluding hydrogens is 486 g/mol. The van der Waals surface area contributed by atoms with E-state index in [0.29, 0.717) is 32.8 Å². The van der Waals surface area contributed by atoms with Gasteiger partial charge in [-0.3, -0.25) is 9.59 Å². The molecule has 2 amide bonds. The Hall–Kier alpha value is -3.60. The van der Waals surface area contributed by atoms with Crippen molar-refractivity contribution in [3.05, 3.63) is 52.0 Å². The molecule has 0 fully saturated rings. The van der Waals surface area contributed by atoms with Gasteiger partial charge in [0.15, 0.2) is 18.1 Å². The lowest BCUT2D eigenvalue weighted by Crippen LogP contribution is -2.34. The fourth-order valence-corrected chi connectivity index (χ4v) is 2.88. The fraction of sp³-hybridized carbons (Fsp3) is 0.238. The number of hydrazone groups is 1. The molecule has 2 rings (SSSR count). The van der Waals surface area contributed by atoms with Crippen LogP contribution in [0.4, 0.5) is 0 Å². The maximum absolute atomic E-state index is 12.2. The van der Waals surface area contributed by atoms with Gasteiger partial charge in [0.2, 0.25) is 0 Å². The number of nitrogens with one attached hydrogen (secondary N) is 2. The summed E-state index contributed by atoms with van der Waals surface area (Å²) in [6.45, 7) is -0.484. The average Bonchev–Trinajstić information content (AvgIpc) is 2.81. The highest BCUT2D eigenvalue weighted by atomic mass is 79.9. The van der Waals surface area contributed by atoms with Crippen LogP contribution in [0.2, 0.25) is 0 Å². The Bertz CT molecular complexity index is 1010. The van der Waals surface area contributed by atoms with Gasteiger partial charge in [-0.1, -0.05) is 0 Å². The van der Waals surface area contributed by atoms with E-state index in [2.05, 4.69) is 36.5 Å². The van der Waals surface area contributed by atoms with Gasteiger partial charge in [0.1, 0.15) is 5.75 Å². The second-order valence-electron chi connectivity index (χ2n) is 6.10. The minimum Gasteiger partial charge on any atom is -0.493 e. The molecule has 0 saturated heterocycles. The Morgan fingerprint density at radius 1 is 1.00 bits per heavy atom. The molecular formula is C21H22BrN3O7. The lowest BCUT2D eigenvalue weighted by molar-refractivity contribution is -0.142. The van der Waals surface area contributed by atoms with E-state index in [0.717, 1.165) is 0 Å². The number of ether oxygens (including phenoxy) is 4. The number of nitrogens with zero attached hydrogens (tertiary/aromatic N) is 1. The molecule has 0 aliphatic heterocycles. The summed E-state index contributed by atoms with van der Waals surface area (Å²) in [4.78, 5) is 35.3. The van der Waals surface area contributed by atoms with Gasteiger partial charge >= 0.3 is 5.97 Å². The lowest BCUT2D eigenvalue weighted by Gasteiger charge is -2.09. The number of carbonyl (C=O) groups is 3. The second-order valence-corrected chi connectivity index (χ2v) is 6.95. The van der Waals surface area contributed by atoms with Gasteiger partial charge in [-0.25, -0.2) is 10.2 Å². The zero-order valence-corrected chi connectivity index (χ0v) is 19.2. The molecule has 170 valence electrons. The molecule has 0 heterocycles. The van der Waals surface area contributed by atoms with E-state index in [9.17, 15) is 14.4 Å². The molecule has 2 aromatic carbocycles. The van der Waals surface area contributed by atoms with Crippen LogP contribution in [-0.4, -0.2) is 58.5 Å². The largest absolute Gasteiger partial charge is 0.493 e. The molecule has 32 heavy (non-hydrogen) atoms. The van der Waals surface area contributed by atoms with Crippen molar-refractivity contribution in [2.75, 3.05) is 34.5 Å². The number of halogens is 1. The van der Waals surface area contributed by atoms with Crippen molar-refractivity contribution in [1.82, 2.24) is 10.7 Å². The normalized spacial score (nSPS) is 10.4. The lowest BCUT2D eigenvalue weighted by atomic mass is 10.2. The summed E-state index contributed by atoms with van der Waals surface area (Å²) < 4.78 is 20.7. The van der Waals surface area contributed by atoms with E-state index in [-0.39, 0.29) is 13.2 Å². The Morgan fingerprint density at radius 3 is 2.38 bits per heavy atom. The average molecular weight is 508 g/mol. The van der Waals surface area contributed by atoms with Crippen molar-refractivity contribution >= 4 is 39.9 Å². The van der Waals surface area contributed by atoms with Gasteiger partial charge in [-0.2, -0.15) is 5.10 Å². The standard InChI is InChI=1S/C21H22BrN3O7/c1-29-17-7-5-14(9-18(17)30-2)21(28)23-11-19(26)25-24-10-13-4-6-16(15(22)8-13)32-12-20(27)31-3/h4-10H,11-12H2,1-3H3,(H,23,28)(H,25,26). The Morgan fingerprint density at radius 2 is 1.72 bits per heavy atom. The first-order valence-electron chi connectivity index (χ1n) is 9.19. The van der Waals surface area contributed by atoms with E-state index in [1.807, 2.05) is 0 Å². The van der Waals surface area contributed by atoms with Gasteiger partial charge in [0, 0.05) is 5.56 Å². The zero-order valence-electron chi connectivity index (χ0n) is 17.6. The Balaban J connectivity index is 1.84. The van der Waals surface area contributed by atoms with Crippen LogP contribution in [0.5, 0.6) is 17.2 Å². The van der Waals surface area contributed by atoms with Gasteiger partial charge in [-0.05, 0) is 57.9 Å². The molecule has 2 aromatic rings. The number of amides is 2. The summed E-state index contributed by atoms with van der Waals surface area (Å²) in [6, 6.07) is 9.69. The molecule has 0 spiro atoms. The van der Waals surface area contributed by atoms with Gasteiger partial charge in [-0.15, -0.1) is 0 Å². The van der Waals surface area contributed by atoms with Crippen LogP contribution in [-0.2, 0) is 14.3 Å². The maximum Gasteiger partial charge on any atom is 0.343 e. The molecule has 0 unspecified atom stereocenters. The molecule has 0 aliphatic carbocycles. The minimum absolute atomic E-state index is 0.215. The predicted molar refractivity (Wildman–Crippen MR) is 119 cm³/mol. The fourth-order valence-electron chi connectivity index (χ4n) is 2.37. The third-order valence-electron chi connectivity index (χ3n) is 3.99. The molecule has 0 bridgehead atoms. The summed E-state index contributed by atoms with van der Waals surface area (Å²) in [7, 11) is 4.23. The van der Waals surface area contributed by atoms with Crippen LogP contribution >= 0.6 is 15.9 Å². The summed E-state index contributed by atoms with van der Waals surface area (Å²) in [5, 5.41) is 6.35. The van der Waals surface area contributed by atoms with Crippen molar-refractivity contribution in [2.45, 2.75) is 0 Å². The molecule has 0 radical (unpaired) electrons. The SMILES string of the molecule is COC(=O)COc1ccc(C=NNC(=O)CNC(=O)c2ccc(OC)c(OC)c2)cc1Br. The highest BCUT2D eigenvalue weighted by Gasteiger charge is 2.12. The molecule has 10 nitrogen and oxygen atoms in total. The number of methoxy groups -OCH3 is 3. The van der Waals surface area contributed by atoms with Crippen LogP contribution < -0.4 is 25.0 Å². The first-order chi connectivity index (χ1) is 15.4.